The summed E-state index contributed by atoms with van der Waals surface area (Å²) in [4.78, 5) is 32.4. The number of piperidine rings is 4. The van der Waals surface area contributed by atoms with E-state index in [2.05, 4.69) is 9.80 Å². The summed E-state index contributed by atoms with van der Waals surface area (Å²) in [6.07, 6.45) is 6.35. The Morgan fingerprint density at radius 3 is 2.71 bits per heavy atom. The maximum atomic E-state index is 13.1. The third-order valence-corrected chi connectivity index (χ3v) is 7.89. The summed E-state index contributed by atoms with van der Waals surface area (Å²) in [5.41, 5.74) is 0.678. The van der Waals surface area contributed by atoms with Crippen LogP contribution in [-0.4, -0.2) is 77.9 Å². The van der Waals surface area contributed by atoms with Gasteiger partial charge in [-0.3, -0.25) is 14.5 Å². The van der Waals surface area contributed by atoms with Gasteiger partial charge in [0.1, 0.15) is 5.75 Å². The Hall–Kier alpha value is -2.08. The summed E-state index contributed by atoms with van der Waals surface area (Å²) in [6.45, 7) is 7.32. The molecule has 0 spiro atoms. The second kappa shape index (κ2) is 8.81. The molecule has 31 heavy (non-hydrogen) atoms. The molecule has 168 valence electrons. The standard InChI is InChI=1S/C25H35N3O3/c1-2-31-23-8-4-3-6-21(23)25(30)26-12-10-20(11-13-26)27-15-18-14-19(17-27)22-7-5-9-24(29)28(22)16-18/h3-4,6,8,18-20,22H,2,5,7,9-17H2,1H3/t18?,19?,22-/m1/s1. The first-order valence-corrected chi connectivity index (χ1v) is 12.2. The van der Waals surface area contributed by atoms with Crippen molar-refractivity contribution in [3.8, 4) is 5.75 Å². The van der Waals surface area contributed by atoms with E-state index < -0.39 is 0 Å². The maximum absolute atomic E-state index is 13.1. The van der Waals surface area contributed by atoms with Gasteiger partial charge in [-0.2, -0.15) is 0 Å². The zero-order valence-corrected chi connectivity index (χ0v) is 18.7. The topological polar surface area (TPSA) is 53.1 Å². The van der Waals surface area contributed by atoms with Crippen LogP contribution in [0.3, 0.4) is 0 Å². The first-order chi connectivity index (χ1) is 15.1. The molecule has 4 saturated heterocycles. The summed E-state index contributed by atoms with van der Waals surface area (Å²) < 4.78 is 5.67. The lowest BCUT2D eigenvalue weighted by Crippen LogP contribution is -2.62. The van der Waals surface area contributed by atoms with Crippen LogP contribution in [0.4, 0.5) is 0 Å². The molecule has 4 heterocycles. The first kappa shape index (κ1) is 20.8. The van der Waals surface area contributed by atoms with Gasteiger partial charge in [0, 0.05) is 51.2 Å². The minimum absolute atomic E-state index is 0.0920. The van der Waals surface area contributed by atoms with Gasteiger partial charge in [-0.05, 0) is 63.0 Å². The molecule has 3 atom stereocenters. The minimum atomic E-state index is 0.0920. The van der Waals surface area contributed by atoms with E-state index in [1.807, 2.05) is 36.1 Å². The van der Waals surface area contributed by atoms with Crippen molar-refractivity contribution in [3.63, 3.8) is 0 Å². The van der Waals surface area contributed by atoms with Crippen LogP contribution in [0.15, 0.2) is 24.3 Å². The second-order valence-electron chi connectivity index (χ2n) is 9.77. The molecular formula is C25H35N3O3. The third kappa shape index (κ3) is 4.07. The number of rotatable bonds is 4. The Kier molecular flexibility index (Phi) is 5.91. The van der Waals surface area contributed by atoms with Crippen molar-refractivity contribution in [1.29, 1.82) is 0 Å². The molecule has 2 amide bonds. The van der Waals surface area contributed by atoms with Crippen LogP contribution in [-0.2, 0) is 4.79 Å². The molecule has 2 unspecified atom stereocenters. The smallest absolute Gasteiger partial charge is 0.257 e. The van der Waals surface area contributed by atoms with Gasteiger partial charge in [0.25, 0.3) is 5.91 Å². The molecule has 2 bridgehead atoms. The number of nitrogens with zero attached hydrogens (tertiary/aromatic N) is 3. The van der Waals surface area contributed by atoms with Gasteiger partial charge in [0.15, 0.2) is 0 Å². The minimum Gasteiger partial charge on any atom is -0.493 e. The maximum Gasteiger partial charge on any atom is 0.257 e. The van der Waals surface area contributed by atoms with Crippen molar-refractivity contribution in [1.82, 2.24) is 14.7 Å². The van der Waals surface area contributed by atoms with Crippen molar-refractivity contribution in [2.75, 3.05) is 39.3 Å². The summed E-state index contributed by atoms with van der Waals surface area (Å²) in [5.74, 6) is 2.42. The Labute approximate surface area is 185 Å². The fourth-order valence-electron chi connectivity index (χ4n) is 6.48. The lowest BCUT2D eigenvalue weighted by molar-refractivity contribution is -0.145. The molecule has 0 N–H and O–H groups in total. The molecule has 1 aromatic rings. The number of amides is 2. The Morgan fingerprint density at radius 2 is 1.90 bits per heavy atom. The number of benzene rings is 1. The fraction of sp³-hybridized carbons (Fsp3) is 0.680. The number of carbonyl (C=O) groups is 2. The van der Waals surface area contributed by atoms with E-state index in [1.165, 1.54) is 12.8 Å². The molecule has 0 aromatic heterocycles. The van der Waals surface area contributed by atoms with E-state index >= 15 is 0 Å². The molecule has 4 fully saturated rings. The zero-order chi connectivity index (χ0) is 21.4. The molecule has 6 heteroatoms. The van der Waals surface area contributed by atoms with E-state index in [9.17, 15) is 9.59 Å². The number of fused-ring (bicyclic) bond motifs is 4. The van der Waals surface area contributed by atoms with Crippen molar-refractivity contribution >= 4 is 11.8 Å². The fourth-order valence-corrected chi connectivity index (χ4v) is 6.48. The summed E-state index contributed by atoms with van der Waals surface area (Å²) >= 11 is 0. The monoisotopic (exact) mass is 425 g/mol. The highest BCUT2D eigenvalue weighted by Crippen LogP contribution is 2.39. The highest BCUT2D eigenvalue weighted by molar-refractivity contribution is 5.97. The zero-order valence-electron chi connectivity index (χ0n) is 18.7. The number of hydrogen-bond donors (Lipinski definition) is 0. The third-order valence-electron chi connectivity index (χ3n) is 7.89. The highest BCUT2D eigenvalue weighted by Gasteiger charge is 2.45. The molecule has 5 rings (SSSR count). The van der Waals surface area contributed by atoms with E-state index in [-0.39, 0.29) is 5.91 Å². The molecule has 4 aliphatic heterocycles. The van der Waals surface area contributed by atoms with Crippen LogP contribution in [0.2, 0.25) is 0 Å². The van der Waals surface area contributed by atoms with Gasteiger partial charge in [-0.25, -0.2) is 0 Å². The number of likely N-dealkylation sites (tertiary alicyclic amines) is 2. The van der Waals surface area contributed by atoms with Crippen LogP contribution in [0, 0.1) is 11.8 Å². The van der Waals surface area contributed by atoms with Crippen molar-refractivity contribution in [2.45, 2.75) is 57.5 Å². The molecule has 4 aliphatic rings. The molecular weight excluding hydrogens is 390 g/mol. The van der Waals surface area contributed by atoms with E-state index in [0.717, 1.165) is 58.4 Å². The van der Waals surface area contributed by atoms with Crippen molar-refractivity contribution in [3.05, 3.63) is 29.8 Å². The van der Waals surface area contributed by atoms with E-state index in [4.69, 9.17) is 4.74 Å². The largest absolute Gasteiger partial charge is 0.493 e. The van der Waals surface area contributed by atoms with Gasteiger partial charge >= 0.3 is 0 Å². The average Bonchev–Trinajstić information content (AvgIpc) is 2.80. The molecule has 0 saturated carbocycles. The van der Waals surface area contributed by atoms with Gasteiger partial charge in [0.05, 0.1) is 12.2 Å². The van der Waals surface area contributed by atoms with Crippen molar-refractivity contribution in [2.24, 2.45) is 11.8 Å². The summed E-state index contributed by atoms with van der Waals surface area (Å²) in [5, 5.41) is 0. The van der Waals surface area contributed by atoms with Crippen LogP contribution in [0.25, 0.3) is 0 Å². The van der Waals surface area contributed by atoms with E-state index in [0.29, 0.717) is 47.7 Å². The van der Waals surface area contributed by atoms with Crippen LogP contribution in [0.5, 0.6) is 5.75 Å². The number of para-hydroxylation sites is 1. The SMILES string of the molecule is CCOc1ccccc1C(=O)N1CCC(N2CC3CC(C2)[C@H]2CCCC(=O)N2C3)CC1. The van der Waals surface area contributed by atoms with Crippen molar-refractivity contribution < 1.29 is 14.3 Å². The molecule has 0 radical (unpaired) electrons. The summed E-state index contributed by atoms with van der Waals surface area (Å²) in [7, 11) is 0. The van der Waals surface area contributed by atoms with Gasteiger partial charge in [-0.15, -0.1) is 0 Å². The van der Waals surface area contributed by atoms with Gasteiger partial charge < -0.3 is 14.5 Å². The molecule has 0 aliphatic carbocycles. The second-order valence-corrected chi connectivity index (χ2v) is 9.77. The van der Waals surface area contributed by atoms with Crippen LogP contribution in [0.1, 0.15) is 55.8 Å². The lowest BCUT2D eigenvalue weighted by atomic mass is 9.75. The number of hydrogen-bond acceptors (Lipinski definition) is 4. The summed E-state index contributed by atoms with van der Waals surface area (Å²) in [6, 6.07) is 8.62. The molecule has 6 nitrogen and oxygen atoms in total. The normalized spacial score (nSPS) is 29.6. The average molecular weight is 426 g/mol. The predicted octanol–water partition coefficient (Wildman–Crippen LogP) is 3.02. The number of carbonyl (C=O) groups excluding carboxylic acids is 2. The quantitative estimate of drug-likeness (QED) is 0.744. The Bertz CT molecular complexity index is 820. The molecule has 1 aromatic carbocycles. The Morgan fingerprint density at radius 1 is 1.10 bits per heavy atom. The predicted molar refractivity (Wildman–Crippen MR) is 119 cm³/mol. The van der Waals surface area contributed by atoms with Crippen LogP contribution >= 0.6 is 0 Å². The highest BCUT2D eigenvalue weighted by atomic mass is 16.5. The Balaban J connectivity index is 1.20. The first-order valence-electron chi connectivity index (χ1n) is 12.2. The lowest BCUT2D eigenvalue weighted by Gasteiger charge is -2.54. The number of ether oxygens (including phenoxy) is 1. The van der Waals surface area contributed by atoms with E-state index in [1.54, 1.807) is 0 Å². The van der Waals surface area contributed by atoms with Crippen LogP contribution < -0.4 is 4.74 Å². The van der Waals surface area contributed by atoms with Gasteiger partial charge in [0.2, 0.25) is 5.91 Å². The van der Waals surface area contributed by atoms with Gasteiger partial charge in [-0.1, -0.05) is 12.1 Å².